The molecule has 0 amide bonds. The van der Waals surface area contributed by atoms with Crippen LogP contribution in [-0.2, 0) is 0 Å². The van der Waals surface area contributed by atoms with Gasteiger partial charge in [-0.2, -0.15) is 0 Å². The second-order valence-electron chi connectivity index (χ2n) is 6.48. The molecule has 3 atom stereocenters. The van der Waals surface area contributed by atoms with Crippen LogP contribution in [0.25, 0.3) is 0 Å². The van der Waals surface area contributed by atoms with Crippen LogP contribution in [0.5, 0.6) is 0 Å². The second kappa shape index (κ2) is 6.87. The quantitative estimate of drug-likeness (QED) is 0.788. The van der Waals surface area contributed by atoms with E-state index in [4.69, 9.17) is 5.11 Å². The van der Waals surface area contributed by atoms with E-state index in [1.807, 2.05) is 0 Å². The van der Waals surface area contributed by atoms with Crippen molar-refractivity contribution in [1.29, 1.82) is 0 Å². The van der Waals surface area contributed by atoms with Crippen molar-refractivity contribution in [2.45, 2.75) is 39.7 Å². The van der Waals surface area contributed by atoms with Crippen LogP contribution in [0.4, 0.5) is 0 Å². The van der Waals surface area contributed by atoms with Gasteiger partial charge in [0.05, 0.1) is 6.61 Å². The molecule has 1 fully saturated rings. The molecule has 19 heavy (non-hydrogen) atoms. The number of rotatable bonds is 4. The van der Waals surface area contributed by atoms with Crippen LogP contribution in [0.15, 0.2) is 11.6 Å². The first-order valence-corrected chi connectivity index (χ1v) is 7.85. The van der Waals surface area contributed by atoms with E-state index < -0.39 is 0 Å². The number of piperazine rings is 1. The van der Waals surface area contributed by atoms with Crippen molar-refractivity contribution in [2.24, 2.45) is 11.8 Å². The molecule has 0 bridgehead atoms. The average molecular weight is 266 g/mol. The molecular formula is C16H30N2O. The molecule has 1 N–H and O–H groups in total. The number of hydrogen-bond acceptors (Lipinski definition) is 3. The van der Waals surface area contributed by atoms with Gasteiger partial charge in [-0.15, -0.1) is 0 Å². The van der Waals surface area contributed by atoms with Gasteiger partial charge in [0.15, 0.2) is 0 Å². The Morgan fingerprint density at radius 2 is 2.11 bits per heavy atom. The van der Waals surface area contributed by atoms with Crippen molar-refractivity contribution in [3.63, 3.8) is 0 Å². The third-order valence-corrected chi connectivity index (χ3v) is 5.05. The van der Waals surface area contributed by atoms with Crippen LogP contribution in [0.1, 0.15) is 33.6 Å². The predicted molar refractivity (Wildman–Crippen MR) is 80.2 cm³/mol. The summed E-state index contributed by atoms with van der Waals surface area (Å²) in [5.41, 5.74) is 1.60. The lowest BCUT2D eigenvalue weighted by Crippen LogP contribution is -2.53. The van der Waals surface area contributed by atoms with E-state index in [0.29, 0.717) is 6.04 Å². The molecule has 1 saturated heterocycles. The van der Waals surface area contributed by atoms with Crippen molar-refractivity contribution >= 4 is 0 Å². The Bertz CT molecular complexity index is 316. The fraction of sp³-hybridized carbons (Fsp3) is 0.875. The molecule has 0 spiro atoms. The Morgan fingerprint density at radius 1 is 1.32 bits per heavy atom. The second-order valence-corrected chi connectivity index (χ2v) is 6.48. The highest BCUT2D eigenvalue weighted by molar-refractivity contribution is 5.09. The number of nitrogens with zero attached hydrogens (tertiary/aromatic N) is 2. The van der Waals surface area contributed by atoms with Gasteiger partial charge in [-0.25, -0.2) is 0 Å². The van der Waals surface area contributed by atoms with Gasteiger partial charge in [0.25, 0.3) is 0 Å². The number of aliphatic hydroxyl groups excluding tert-OH is 1. The summed E-state index contributed by atoms with van der Waals surface area (Å²) >= 11 is 0. The summed E-state index contributed by atoms with van der Waals surface area (Å²) in [5.74, 6) is 1.58. The van der Waals surface area contributed by atoms with Crippen LogP contribution in [0.3, 0.4) is 0 Å². The zero-order valence-electron chi connectivity index (χ0n) is 12.8. The summed E-state index contributed by atoms with van der Waals surface area (Å²) in [4.78, 5) is 5.03. The molecule has 0 radical (unpaired) electrons. The molecule has 0 saturated carbocycles. The molecule has 1 heterocycles. The van der Waals surface area contributed by atoms with Crippen molar-refractivity contribution in [1.82, 2.24) is 9.80 Å². The van der Waals surface area contributed by atoms with Crippen molar-refractivity contribution in [3.05, 3.63) is 11.6 Å². The van der Waals surface area contributed by atoms with Gasteiger partial charge in [0.1, 0.15) is 0 Å². The molecule has 2 aliphatic rings. The number of hydrogen-bond donors (Lipinski definition) is 1. The van der Waals surface area contributed by atoms with Crippen LogP contribution in [-0.4, -0.2) is 60.3 Å². The molecule has 0 unspecified atom stereocenters. The Labute approximate surface area is 118 Å². The smallest absolute Gasteiger partial charge is 0.0558 e. The number of aliphatic hydroxyl groups is 1. The van der Waals surface area contributed by atoms with E-state index in [-0.39, 0.29) is 6.61 Å². The molecule has 0 aromatic carbocycles. The molecular weight excluding hydrogens is 236 g/mol. The first-order chi connectivity index (χ1) is 9.11. The highest BCUT2D eigenvalue weighted by Gasteiger charge is 2.28. The molecule has 3 nitrogen and oxygen atoms in total. The Morgan fingerprint density at radius 3 is 2.74 bits per heavy atom. The highest BCUT2D eigenvalue weighted by atomic mass is 16.3. The fourth-order valence-corrected chi connectivity index (χ4v) is 3.67. The van der Waals surface area contributed by atoms with E-state index >= 15 is 0 Å². The summed E-state index contributed by atoms with van der Waals surface area (Å²) in [6.07, 6.45) is 5.06. The fourth-order valence-electron chi connectivity index (χ4n) is 3.67. The SMILES string of the molecule is CC1=CCC[C@H](C)[C@H]1CN1CCN(CCO)[C@H](C)C1. The first-order valence-electron chi connectivity index (χ1n) is 7.85. The molecule has 1 aliphatic heterocycles. The van der Waals surface area contributed by atoms with E-state index in [9.17, 15) is 0 Å². The molecule has 110 valence electrons. The topological polar surface area (TPSA) is 26.7 Å². The maximum absolute atomic E-state index is 9.07. The summed E-state index contributed by atoms with van der Waals surface area (Å²) in [6, 6.07) is 0.573. The van der Waals surface area contributed by atoms with E-state index in [0.717, 1.165) is 38.0 Å². The van der Waals surface area contributed by atoms with Crippen molar-refractivity contribution in [2.75, 3.05) is 39.3 Å². The third kappa shape index (κ3) is 3.80. The van der Waals surface area contributed by atoms with Crippen LogP contribution in [0, 0.1) is 11.8 Å². The van der Waals surface area contributed by atoms with Crippen LogP contribution >= 0.6 is 0 Å². The minimum Gasteiger partial charge on any atom is -0.395 e. The molecule has 3 heteroatoms. The highest BCUT2D eigenvalue weighted by Crippen LogP contribution is 2.31. The van der Waals surface area contributed by atoms with E-state index in [2.05, 4.69) is 36.6 Å². The standard InChI is InChI=1S/C16H30N2O/c1-13-5-4-6-14(2)16(13)12-17-7-8-18(9-10-19)15(3)11-17/h5,14-16,19H,4,6-12H2,1-3H3/t14-,15+,16-/m0/s1. The normalized spacial score (nSPS) is 34.3. The van der Waals surface area contributed by atoms with E-state index in [1.165, 1.54) is 19.4 Å². The number of allylic oxidation sites excluding steroid dienone is 1. The largest absolute Gasteiger partial charge is 0.395 e. The first kappa shape index (κ1) is 15.0. The average Bonchev–Trinajstić information content (AvgIpc) is 2.37. The van der Waals surface area contributed by atoms with Crippen molar-refractivity contribution in [3.8, 4) is 0 Å². The van der Waals surface area contributed by atoms with Crippen molar-refractivity contribution < 1.29 is 5.11 Å². The predicted octanol–water partition coefficient (Wildman–Crippen LogP) is 1.98. The zero-order chi connectivity index (χ0) is 13.8. The van der Waals surface area contributed by atoms with Gasteiger partial charge < -0.3 is 5.11 Å². The Hall–Kier alpha value is -0.380. The van der Waals surface area contributed by atoms with Gasteiger partial charge in [-0.1, -0.05) is 18.6 Å². The summed E-state index contributed by atoms with van der Waals surface area (Å²) in [6.45, 7) is 12.7. The van der Waals surface area contributed by atoms with Crippen LogP contribution in [0.2, 0.25) is 0 Å². The van der Waals surface area contributed by atoms with Gasteiger partial charge in [0, 0.05) is 38.8 Å². The molecule has 2 rings (SSSR count). The lowest BCUT2D eigenvalue weighted by molar-refractivity contribution is 0.0575. The summed E-state index contributed by atoms with van der Waals surface area (Å²) in [5, 5.41) is 9.07. The van der Waals surface area contributed by atoms with Crippen LogP contribution < -0.4 is 0 Å². The summed E-state index contributed by atoms with van der Waals surface area (Å²) in [7, 11) is 0. The monoisotopic (exact) mass is 266 g/mol. The van der Waals surface area contributed by atoms with E-state index in [1.54, 1.807) is 5.57 Å². The maximum atomic E-state index is 9.07. The minimum atomic E-state index is 0.284. The van der Waals surface area contributed by atoms with Gasteiger partial charge in [-0.05, 0) is 38.5 Å². The molecule has 0 aromatic heterocycles. The van der Waals surface area contributed by atoms with Gasteiger partial charge in [0.2, 0.25) is 0 Å². The molecule has 0 aromatic rings. The summed E-state index contributed by atoms with van der Waals surface area (Å²) < 4.78 is 0. The van der Waals surface area contributed by atoms with Gasteiger partial charge >= 0.3 is 0 Å². The zero-order valence-corrected chi connectivity index (χ0v) is 12.8. The van der Waals surface area contributed by atoms with Gasteiger partial charge in [-0.3, -0.25) is 9.80 Å². The Kier molecular flexibility index (Phi) is 5.43. The lowest BCUT2D eigenvalue weighted by atomic mass is 9.79. The third-order valence-electron chi connectivity index (χ3n) is 5.05. The maximum Gasteiger partial charge on any atom is 0.0558 e. The Balaban J connectivity index is 1.87. The number of β-amino-alcohol motifs (C(OH)–C–C–N with tert-alkyl or cyclic N) is 1. The minimum absolute atomic E-state index is 0.284. The lowest BCUT2D eigenvalue weighted by Gasteiger charge is -2.42. The molecule has 1 aliphatic carbocycles.